The fraction of sp³-hybridized carbons (Fsp3) is 0.471. The maximum absolute atomic E-state index is 10.8. The van der Waals surface area contributed by atoms with E-state index in [2.05, 4.69) is 32.0 Å². The predicted molar refractivity (Wildman–Crippen MR) is 77.0 cm³/mol. The molecule has 0 radical (unpaired) electrons. The van der Waals surface area contributed by atoms with Crippen molar-refractivity contribution in [2.75, 3.05) is 0 Å². The molecular formula is C17H22O2. The van der Waals surface area contributed by atoms with E-state index in [1.807, 2.05) is 6.92 Å². The summed E-state index contributed by atoms with van der Waals surface area (Å²) in [5.41, 5.74) is 5.63. The largest absolute Gasteiger partial charge is 0.435 e. The molecule has 102 valence electrons. The van der Waals surface area contributed by atoms with Gasteiger partial charge in [-0.2, -0.15) is 0 Å². The van der Waals surface area contributed by atoms with Gasteiger partial charge in [0.15, 0.2) is 0 Å². The Hall–Kier alpha value is -1.57. The second kappa shape index (κ2) is 5.20. The van der Waals surface area contributed by atoms with E-state index in [-0.39, 0.29) is 5.97 Å². The van der Waals surface area contributed by atoms with Gasteiger partial charge < -0.3 is 4.74 Å². The van der Waals surface area contributed by atoms with Gasteiger partial charge in [-0.05, 0) is 53.9 Å². The van der Waals surface area contributed by atoms with E-state index in [1.54, 1.807) is 6.26 Å². The lowest BCUT2D eigenvalue weighted by molar-refractivity contribution is -0.135. The molecule has 0 aliphatic heterocycles. The minimum absolute atomic E-state index is 0.268. The quantitative estimate of drug-likeness (QED) is 0.606. The third kappa shape index (κ3) is 3.25. The van der Waals surface area contributed by atoms with Crippen molar-refractivity contribution in [1.29, 1.82) is 0 Å². The molecule has 1 aromatic carbocycles. The number of carbonyl (C=O) groups is 1. The highest BCUT2D eigenvalue weighted by Gasteiger charge is 2.29. The third-order valence-electron chi connectivity index (χ3n) is 3.83. The molecule has 1 aliphatic carbocycles. The second-order valence-electron chi connectivity index (χ2n) is 6.13. The number of allylic oxidation sites excluding steroid dienone is 1. The first-order chi connectivity index (χ1) is 8.88. The summed E-state index contributed by atoms with van der Waals surface area (Å²) in [6.07, 6.45) is 4.79. The smallest absolute Gasteiger partial charge is 0.307 e. The zero-order valence-electron chi connectivity index (χ0n) is 12.2. The molecule has 1 aliphatic rings. The van der Waals surface area contributed by atoms with E-state index < -0.39 is 0 Å². The number of fused-ring (bicyclic) bond motifs is 1. The SMILES string of the molecule is CC(=O)OC=C(C)Cc1ccc2c(c1)CCC2(C)C. The Morgan fingerprint density at radius 1 is 1.37 bits per heavy atom. The first-order valence-corrected chi connectivity index (χ1v) is 6.83. The van der Waals surface area contributed by atoms with Crippen LogP contribution in [0.2, 0.25) is 0 Å². The lowest BCUT2D eigenvalue weighted by Gasteiger charge is -2.18. The van der Waals surface area contributed by atoms with Gasteiger partial charge in [-0.1, -0.05) is 32.0 Å². The van der Waals surface area contributed by atoms with Crippen molar-refractivity contribution < 1.29 is 9.53 Å². The van der Waals surface area contributed by atoms with Crippen LogP contribution in [-0.2, 0) is 27.8 Å². The third-order valence-corrected chi connectivity index (χ3v) is 3.83. The van der Waals surface area contributed by atoms with Crippen molar-refractivity contribution in [3.05, 3.63) is 46.7 Å². The first-order valence-electron chi connectivity index (χ1n) is 6.83. The van der Waals surface area contributed by atoms with Gasteiger partial charge in [-0.3, -0.25) is 4.79 Å². The van der Waals surface area contributed by atoms with Crippen molar-refractivity contribution >= 4 is 5.97 Å². The van der Waals surface area contributed by atoms with Gasteiger partial charge in [0.25, 0.3) is 0 Å². The van der Waals surface area contributed by atoms with Crippen LogP contribution in [0.5, 0.6) is 0 Å². The molecule has 19 heavy (non-hydrogen) atoms. The van der Waals surface area contributed by atoms with E-state index >= 15 is 0 Å². The number of hydrogen-bond acceptors (Lipinski definition) is 2. The molecule has 0 atom stereocenters. The Balaban J connectivity index is 2.12. The summed E-state index contributed by atoms with van der Waals surface area (Å²) in [4.78, 5) is 10.8. The van der Waals surface area contributed by atoms with Gasteiger partial charge in [0.05, 0.1) is 6.26 Å². The first kappa shape index (κ1) is 13.9. The van der Waals surface area contributed by atoms with Crippen molar-refractivity contribution in [2.24, 2.45) is 0 Å². The van der Waals surface area contributed by atoms with Crippen molar-refractivity contribution in [3.8, 4) is 0 Å². The van der Waals surface area contributed by atoms with Gasteiger partial charge in [0, 0.05) is 6.92 Å². The van der Waals surface area contributed by atoms with Crippen LogP contribution in [0.15, 0.2) is 30.0 Å². The summed E-state index contributed by atoms with van der Waals surface area (Å²) in [7, 11) is 0. The zero-order valence-corrected chi connectivity index (χ0v) is 12.2. The van der Waals surface area contributed by atoms with Gasteiger partial charge in [-0.25, -0.2) is 0 Å². The van der Waals surface area contributed by atoms with Crippen molar-refractivity contribution in [3.63, 3.8) is 0 Å². The van der Waals surface area contributed by atoms with Crippen LogP contribution in [0.3, 0.4) is 0 Å². The molecule has 0 aromatic heterocycles. The zero-order chi connectivity index (χ0) is 14.0. The topological polar surface area (TPSA) is 26.3 Å². The Kier molecular flexibility index (Phi) is 3.79. The molecular weight excluding hydrogens is 236 g/mol. The van der Waals surface area contributed by atoms with Crippen LogP contribution >= 0.6 is 0 Å². The Morgan fingerprint density at radius 3 is 2.79 bits per heavy atom. The molecule has 0 fully saturated rings. The highest BCUT2D eigenvalue weighted by atomic mass is 16.5. The summed E-state index contributed by atoms with van der Waals surface area (Å²) in [6.45, 7) is 8.02. The summed E-state index contributed by atoms with van der Waals surface area (Å²) in [5, 5.41) is 0. The van der Waals surface area contributed by atoms with Crippen molar-refractivity contribution in [2.45, 2.75) is 52.4 Å². The predicted octanol–water partition coefficient (Wildman–Crippen LogP) is 3.92. The number of carbonyl (C=O) groups excluding carboxylic acids is 1. The summed E-state index contributed by atoms with van der Waals surface area (Å²) >= 11 is 0. The molecule has 2 nitrogen and oxygen atoms in total. The molecule has 1 aromatic rings. The van der Waals surface area contributed by atoms with Crippen LogP contribution in [0.1, 0.15) is 50.8 Å². The molecule has 2 rings (SSSR count). The average Bonchev–Trinajstić information content (AvgIpc) is 2.62. The minimum Gasteiger partial charge on any atom is -0.435 e. The van der Waals surface area contributed by atoms with Gasteiger partial charge in [0.1, 0.15) is 0 Å². The molecule has 0 N–H and O–H groups in total. The number of aryl methyl sites for hydroxylation is 1. The highest BCUT2D eigenvalue weighted by Crippen LogP contribution is 2.38. The molecule has 0 amide bonds. The molecule has 0 bridgehead atoms. The average molecular weight is 258 g/mol. The summed E-state index contributed by atoms with van der Waals surface area (Å²) in [5.74, 6) is -0.268. The molecule has 0 saturated heterocycles. The number of hydrogen-bond donors (Lipinski definition) is 0. The van der Waals surface area contributed by atoms with Crippen LogP contribution in [0.25, 0.3) is 0 Å². The maximum Gasteiger partial charge on any atom is 0.307 e. The lowest BCUT2D eigenvalue weighted by atomic mass is 9.86. The van der Waals surface area contributed by atoms with E-state index in [9.17, 15) is 4.79 Å². The van der Waals surface area contributed by atoms with Crippen LogP contribution < -0.4 is 0 Å². The van der Waals surface area contributed by atoms with Gasteiger partial charge in [-0.15, -0.1) is 0 Å². The number of esters is 1. The molecule has 0 saturated carbocycles. The monoisotopic (exact) mass is 258 g/mol. The van der Waals surface area contributed by atoms with E-state index in [4.69, 9.17) is 4.74 Å². The lowest BCUT2D eigenvalue weighted by Crippen LogP contribution is -2.11. The second-order valence-corrected chi connectivity index (χ2v) is 6.13. The van der Waals surface area contributed by atoms with E-state index in [0.717, 1.165) is 12.0 Å². The highest BCUT2D eigenvalue weighted by molar-refractivity contribution is 5.66. The van der Waals surface area contributed by atoms with E-state index in [0.29, 0.717) is 5.41 Å². The van der Waals surface area contributed by atoms with Gasteiger partial charge >= 0.3 is 5.97 Å². The van der Waals surface area contributed by atoms with Gasteiger partial charge in [0.2, 0.25) is 0 Å². The van der Waals surface area contributed by atoms with Crippen LogP contribution in [-0.4, -0.2) is 5.97 Å². The van der Waals surface area contributed by atoms with Crippen LogP contribution in [0, 0.1) is 0 Å². The normalized spacial score (nSPS) is 17.2. The van der Waals surface area contributed by atoms with Crippen molar-refractivity contribution in [1.82, 2.24) is 0 Å². The number of benzene rings is 1. The molecule has 0 unspecified atom stereocenters. The standard InChI is InChI=1S/C17H22O2/c1-12(11-19-13(2)18)9-14-5-6-16-15(10-14)7-8-17(16,3)4/h5-6,10-11H,7-9H2,1-4H3. The number of ether oxygens (including phenoxy) is 1. The minimum atomic E-state index is -0.268. The summed E-state index contributed by atoms with van der Waals surface area (Å²) in [6, 6.07) is 6.75. The summed E-state index contributed by atoms with van der Waals surface area (Å²) < 4.78 is 4.90. The van der Waals surface area contributed by atoms with Crippen LogP contribution in [0.4, 0.5) is 0 Å². The Morgan fingerprint density at radius 2 is 2.11 bits per heavy atom. The fourth-order valence-corrected chi connectivity index (χ4v) is 2.75. The Labute approximate surface area is 115 Å². The molecule has 0 heterocycles. The van der Waals surface area contributed by atoms with E-state index in [1.165, 1.54) is 36.5 Å². The molecule has 0 spiro atoms. The number of rotatable bonds is 3. The fourth-order valence-electron chi connectivity index (χ4n) is 2.75. The maximum atomic E-state index is 10.8. The molecule has 2 heteroatoms. The Bertz CT molecular complexity index is 524.